The molecule has 1 fully saturated rings. The highest BCUT2D eigenvalue weighted by Crippen LogP contribution is 2.11. The van der Waals surface area contributed by atoms with Crippen LogP contribution in [-0.4, -0.2) is 40.8 Å². The molecule has 5 nitrogen and oxygen atoms in total. The van der Waals surface area contributed by atoms with Crippen LogP contribution in [-0.2, 0) is 4.79 Å². The molecule has 0 saturated carbocycles. The zero-order valence-electron chi connectivity index (χ0n) is 11.4. The van der Waals surface area contributed by atoms with Crippen LogP contribution in [0.3, 0.4) is 0 Å². The van der Waals surface area contributed by atoms with Crippen molar-refractivity contribution in [3.8, 4) is 0 Å². The van der Waals surface area contributed by atoms with Crippen LogP contribution >= 0.6 is 15.9 Å². The van der Waals surface area contributed by atoms with Crippen molar-refractivity contribution in [2.75, 3.05) is 13.1 Å². The predicted molar refractivity (Wildman–Crippen MR) is 79.3 cm³/mol. The van der Waals surface area contributed by atoms with Crippen molar-refractivity contribution in [3.05, 3.63) is 28.5 Å². The molecule has 1 atom stereocenters. The Morgan fingerprint density at radius 3 is 2.65 bits per heavy atom. The number of nitrogens with zero attached hydrogens (tertiary/aromatic N) is 2. The fraction of sp³-hybridized carbons (Fsp3) is 0.500. The summed E-state index contributed by atoms with van der Waals surface area (Å²) in [5, 5.41) is 2.73. The van der Waals surface area contributed by atoms with E-state index < -0.39 is 6.04 Å². The van der Waals surface area contributed by atoms with Crippen molar-refractivity contribution >= 4 is 27.7 Å². The van der Waals surface area contributed by atoms with Gasteiger partial charge in [-0.2, -0.15) is 0 Å². The molecule has 1 N–H and O–H groups in total. The number of carbonyl (C=O) groups is 2. The second-order valence-electron chi connectivity index (χ2n) is 4.97. The molecule has 1 aromatic rings. The molecule has 2 amide bonds. The van der Waals surface area contributed by atoms with Gasteiger partial charge in [-0.25, -0.2) is 0 Å². The highest BCUT2D eigenvalue weighted by molar-refractivity contribution is 9.10. The molecular weight excluding hydrogens is 322 g/mol. The smallest absolute Gasteiger partial charge is 0.253 e. The quantitative estimate of drug-likeness (QED) is 0.915. The highest BCUT2D eigenvalue weighted by Gasteiger charge is 2.23. The Morgan fingerprint density at radius 1 is 1.30 bits per heavy atom. The molecule has 0 radical (unpaired) electrons. The van der Waals surface area contributed by atoms with E-state index in [0.29, 0.717) is 5.56 Å². The van der Waals surface area contributed by atoms with E-state index in [1.165, 1.54) is 12.6 Å². The van der Waals surface area contributed by atoms with E-state index in [-0.39, 0.29) is 11.8 Å². The molecule has 0 aliphatic carbocycles. The fourth-order valence-corrected chi connectivity index (χ4v) is 2.63. The van der Waals surface area contributed by atoms with Gasteiger partial charge >= 0.3 is 0 Å². The van der Waals surface area contributed by atoms with Gasteiger partial charge in [0.15, 0.2) is 0 Å². The van der Waals surface area contributed by atoms with Crippen molar-refractivity contribution in [2.24, 2.45) is 0 Å². The van der Waals surface area contributed by atoms with Crippen molar-refractivity contribution in [3.63, 3.8) is 0 Å². The number of aromatic nitrogens is 1. The van der Waals surface area contributed by atoms with E-state index in [4.69, 9.17) is 0 Å². The number of carbonyl (C=O) groups excluding carboxylic acids is 2. The first kappa shape index (κ1) is 15.0. The molecule has 108 valence electrons. The molecule has 6 heteroatoms. The fourth-order valence-electron chi connectivity index (χ4n) is 2.27. The van der Waals surface area contributed by atoms with Crippen molar-refractivity contribution in [1.29, 1.82) is 0 Å². The third-order valence-corrected chi connectivity index (χ3v) is 3.79. The third-order valence-electron chi connectivity index (χ3n) is 3.35. The molecule has 2 heterocycles. The zero-order valence-corrected chi connectivity index (χ0v) is 13.0. The number of hydrogen-bond acceptors (Lipinski definition) is 3. The Labute approximate surface area is 126 Å². The van der Waals surface area contributed by atoms with Crippen LogP contribution in [0.5, 0.6) is 0 Å². The van der Waals surface area contributed by atoms with E-state index in [1.807, 2.05) is 4.90 Å². The summed E-state index contributed by atoms with van der Waals surface area (Å²) in [7, 11) is 0. The minimum atomic E-state index is -0.514. The van der Waals surface area contributed by atoms with Gasteiger partial charge in [-0.05, 0) is 48.2 Å². The van der Waals surface area contributed by atoms with Crippen LogP contribution in [0.15, 0.2) is 22.9 Å². The highest BCUT2D eigenvalue weighted by atomic mass is 79.9. The Hall–Kier alpha value is -1.43. The lowest BCUT2D eigenvalue weighted by Gasteiger charge is -2.29. The van der Waals surface area contributed by atoms with Gasteiger partial charge in [0.1, 0.15) is 6.04 Å². The average Bonchev–Trinajstić information content (AvgIpc) is 2.47. The molecular formula is C14H18BrN3O2. The third kappa shape index (κ3) is 3.79. The Kier molecular flexibility index (Phi) is 5.11. The number of piperidine rings is 1. The van der Waals surface area contributed by atoms with E-state index >= 15 is 0 Å². The normalized spacial score (nSPS) is 16.6. The monoisotopic (exact) mass is 339 g/mol. The van der Waals surface area contributed by atoms with Crippen molar-refractivity contribution < 1.29 is 9.59 Å². The minimum Gasteiger partial charge on any atom is -0.341 e. The molecule has 1 aliphatic heterocycles. The van der Waals surface area contributed by atoms with Crippen LogP contribution < -0.4 is 5.32 Å². The molecule has 1 aliphatic rings. The number of halogens is 1. The molecule has 0 bridgehead atoms. The number of pyridine rings is 1. The number of amides is 2. The van der Waals surface area contributed by atoms with Crippen LogP contribution in [0.4, 0.5) is 0 Å². The van der Waals surface area contributed by atoms with Crippen LogP contribution in [0.2, 0.25) is 0 Å². The van der Waals surface area contributed by atoms with Crippen LogP contribution in [0, 0.1) is 0 Å². The molecule has 1 saturated heterocycles. The molecule has 0 spiro atoms. The predicted octanol–water partition coefficient (Wildman–Crippen LogP) is 1.97. The maximum atomic E-state index is 12.2. The molecule has 20 heavy (non-hydrogen) atoms. The van der Waals surface area contributed by atoms with Gasteiger partial charge in [0.25, 0.3) is 5.91 Å². The molecule has 2 rings (SSSR count). The van der Waals surface area contributed by atoms with E-state index in [9.17, 15) is 9.59 Å². The lowest BCUT2D eigenvalue weighted by atomic mass is 10.1. The van der Waals surface area contributed by atoms with Gasteiger partial charge < -0.3 is 10.2 Å². The Balaban J connectivity index is 1.94. The number of rotatable bonds is 3. The zero-order chi connectivity index (χ0) is 14.5. The van der Waals surface area contributed by atoms with E-state index in [0.717, 1.165) is 30.4 Å². The second-order valence-corrected chi connectivity index (χ2v) is 5.89. The maximum absolute atomic E-state index is 12.2. The van der Waals surface area contributed by atoms with Gasteiger partial charge in [-0.3, -0.25) is 14.6 Å². The lowest BCUT2D eigenvalue weighted by Crippen LogP contribution is -2.48. The Bertz CT molecular complexity index is 501. The maximum Gasteiger partial charge on any atom is 0.253 e. The number of nitrogens with one attached hydrogen (secondary N) is 1. The SMILES string of the molecule is CC(NC(=O)c1cncc(Br)c1)C(=O)N1CCCCC1. The van der Waals surface area contributed by atoms with Crippen LogP contribution in [0.1, 0.15) is 36.5 Å². The average molecular weight is 340 g/mol. The summed E-state index contributed by atoms with van der Waals surface area (Å²) in [5.41, 5.74) is 0.442. The van der Waals surface area contributed by atoms with Crippen LogP contribution in [0.25, 0.3) is 0 Å². The first-order chi connectivity index (χ1) is 9.58. The van der Waals surface area contributed by atoms with Gasteiger partial charge in [-0.15, -0.1) is 0 Å². The topological polar surface area (TPSA) is 62.3 Å². The molecule has 1 aromatic heterocycles. The number of likely N-dealkylation sites (tertiary alicyclic amines) is 1. The summed E-state index contributed by atoms with van der Waals surface area (Å²) in [6.07, 6.45) is 6.36. The number of hydrogen-bond donors (Lipinski definition) is 1. The lowest BCUT2D eigenvalue weighted by molar-refractivity contribution is -0.133. The Morgan fingerprint density at radius 2 is 2.00 bits per heavy atom. The van der Waals surface area contributed by atoms with E-state index in [2.05, 4.69) is 26.2 Å². The summed E-state index contributed by atoms with van der Waals surface area (Å²) >= 11 is 3.27. The molecule has 0 aromatic carbocycles. The standard InChI is InChI=1S/C14H18BrN3O2/c1-10(14(20)18-5-3-2-4-6-18)17-13(19)11-7-12(15)9-16-8-11/h7-10H,2-6H2,1H3,(H,17,19). The summed E-state index contributed by atoms with van der Waals surface area (Å²) in [5.74, 6) is -0.294. The first-order valence-electron chi connectivity index (χ1n) is 6.78. The van der Waals surface area contributed by atoms with Gasteiger partial charge in [0, 0.05) is 30.0 Å². The van der Waals surface area contributed by atoms with Crippen molar-refractivity contribution in [2.45, 2.75) is 32.2 Å². The van der Waals surface area contributed by atoms with Crippen molar-refractivity contribution in [1.82, 2.24) is 15.2 Å². The first-order valence-corrected chi connectivity index (χ1v) is 7.57. The summed E-state index contributed by atoms with van der Waals surface area (Å²) in [6.45, 7) is 3.30. The van der Waals surface area contributed by atoms with Gasteiger partial charge in [0.05, 0.1) is 5.56 Å². The summed E-state index contributed by atoms with van der Waals surface area (Å²) in [4.78, 5) is 30.0. The summed E-state index contributed by atoms with van der Waals surface area (Å²) < 4.78 is 0.736. The largest absolute Gasteiger partial charge is 0.341 e. The summed E-state index contributed by atoms with van der Waals surface area (Å²) in [6, 6.07) is 1.17. The second kappa shape index (κ2) is 6.83. The van der Waals surface area contributed by atoms with Gasteiger partial charge in [0.2, 0.25) is 5.91 Å². The van der Waals surface area contributed by atoms with E-state index in [1.54, 1.807) is 19.2 Å². The van der Waals surface area contributed by atoms with Gasteiger partial charge in [-0.1, -0.05) is 0 Å². The molecule has 1 unspecified atom stereocenters. The minimum absolute atomic E-state index is 0.0130.